The quantitative estimate of drug-likeness (QED) is 0.795. The third-order valence-electron chi connectivity index (χ3n) is 3.48. The SMILES string of the molecule is CC1(Cn2c(Cl)nnc2C(C)(C)C)CCC1. The van der Waals surface area contributed by atoms with Gasteiger partial charge < -0.3 is 4.57 Å². The maximum atomic E-state index is 6.13. The highest BCUT2D eigenvalue weighted by Crippen LogP contribution is 2.42. The van der Waals surface area contributed by atoms with E-state index in [4.69, 9.17) is 11.6 Å². The van der Waals surface area contributed by atoms with Crippen molar-refractivity contribution in [3.05, 3.63) is 11.1 Å². The standard InChI is InChI=1S/C12H20ClN3/c1-11(2,3)9-14-15-10(13)16(9)8-12(4)6-5-7-12/h5-8H2,1-4H3. The molecule has 1 saturated carbocycles. The normalized spacial score (nSPS) is 19.6. The molecular weight excluding hydrogens is 222 g/mol. The fraction of sp³-hybridized carbons (Fsp3) is 0.833. The van der Waals surface area contributed by atoms with Crippen LogP contribution in [0, 0.1) is 5.41 Å². The van der Waals surface area contributed by atoms with Gasteiger partial charge in [0.15, 0.2) is 0 Å². The lowest BCUT2D eigenvalue weighted by Gasteiger charge is -2.39. The Morgan fingerprint density at radius 3 is 2.38 bits per heavy atom. The lowest BCUT2D eigenvalue weighted by atomic mass is 9.70. The number of nitrogens with zero attached hydrogens (tertiary/aromatic N) is 3. The van der Waals surface area contributed by atoms with Gasteiger partial charge >= 0.3 is 0 Å². The third-order valence-corrected chi connectivity index (χ3v) is 3.76. The second-order valence-electron chi connectivity index (χ2n) is 6.29. The Morgan fingerprint density at radius 2 is 1.94 bits per heavy atom. The van der Waals surface area contributed by atoms with Crippen LogP contribution in [0.1, 0.15) is 52.8 Å². The first-order valence-corrected chi connectivity index (χ1v) is 6.29. The number of hydrogen-bond donors (Lipinski definition) is 0. The minimum Gasteiger partial charge on any atom is -0.301 e. The molecule has 16 heavy (non-hydrogen) atoms. The second-order valence-corrected chi connectivity index (χ2v) is 6.63. The Morgan fingerprint density at radius 1 is 1.31 bits per heavy atom. The third kappa shape index (κ3) is 2.10. The van der Waals surface area contributed by atoms with Crippen molar-refractivity contribution in [1.29, 1.82) is 0 Å². The molecule has 0 amide bonds. The van der Waals surface area contributed by atoms with Crippen molar-refractivity contribution < 1.29 is 0 Å². The largest absolute Gasteiger partial charge is 0.301 e. The molecule has 0 saturated heterocycles. The van der Waals surface area contributed by atoms with Crippen LogP contribution in [0.5, 0.6) is 0 Å². The van der Waals surface area contributed by atoms with Gasteiger partial charge in [0.1, 0.15) is 5.82 Å². The van der Waals surface area contributed by atoms with Gasteiger partial charge in [-0.1, -0.05) is 34.1 Å². The van der Waals surface area contributed by atoms with Gasteiger partial charge in [0.05, 0.1) is 0 Å². The van der Waals surface area contributed by atoms with E-state index >= 15 is 0 Å². The van der Waals surface area contributed by atoms with Gasteiger partial charge in [-0.05, 0) is 29.9 Å². The average molecular weight is 242 g/mol. The molecule has 1 heterocycles. The Kier molecular flexibility index (Phi) is 2.77. The van der Waals surface area contributed by atoms with E-state index in [2.05, 4.69) is 42.5 Å². The molecule has 0 spiro atoms. The van der Waals surface area contributed by atoms with Gasteiger partial charge in [-0.25, -0.2) is 0 Å². The average Bonchev–Trinajstić information content (AvgIpc) is 2.44. The zero-order chi connectivity index (χ0) is 12.0. The zero-order valence-electron chi connectivity index (χ0n) is 10.5. The highest BCUT2D eigenvalue weighted by Gasteiger charge is 2.35. The summed E-state index contributed by atoms with van der Waals surface area (Å²) in [4.78, 5) is 0. The van der Waals surface area contributed by atoms with Crippen molar-refractivity contribution in [2.75, 3.05) is 0 Å². The molecule has 0 aromatic carbocycles. The molecule has 1 aliphatic rings. The lowest BCUT2D eigenvalue weighted by Crippen LogP contribution is -2.33. The van der Waals surface area contributed by atoms with E-state index in [1.807, 2.05) is 0 Å². The Labute approximate surface area is 102 Å². The monoisotopic (exact) mass is 241 g/mol. The second kappa shape index (κ2) is 3.73. The first-order chi connectivity index (χ1) is 7.32. The first-order valence-electron chi connectivity index (χ1n) is 5.91. The molecule has 0 atom stereocenters. The predicted molar refractivity (Wildman–Crippen MR) is 65.7 cm³/mol. The van der Waals surface area contributed by atoms with Gasteiger partial charge in [-0.2, -0.15) is 0 Å². The first kappa shape index (κ1) is 11.9. The molecule has 90 valence electrons. The summed E-state index contributed by atoms with van der Waals surface area (Å²) < 4.78 is 2.08. The van der Waals surface area contributed by atoms with Crippen LogP contribution in [0.25, 0.3) is 0 Å². The summed E-state index contributed by atoms with van der Waals surface area (Å²) in [6.07, 6.45) is 3.90. The summed E-state index contributed by atoms with van der Waals surface area (Å²) in [6.45, 7) is 9.71. The van der Waals surface area contributed by atoms with Gasteiger partial charge in [0.2, 0.25) is 5.28 Å². The number of hydrogen-bond acceptors (Lipinski definition) is 2. The minimum atomic E-state index is 0.000245. The summed E-state index contributed by atoms with van der Waals surface area (Å²) in [5.74, 6) is 0.991. The number of aromatic nitrogens is 3. The van der Waals surface area contributed by atoms with Gasteiger partial charge in [-0.3, -0.25) is 0 Å². The molecule has 1 aromatic rings. The smallest absolute Gasteiger partial charge is 0.225 e. The van der Waals surface area contributed by atoms with Crippen LogP contribution < -0.4 is 0 Å². The fourth-order valence-electron chi connectivity index (χ4n) is 2.30. The van der Waals surface area contributed by atoms with E-state index in [9.17, 15) is 0 Å². The van der Waals surface area contributed by atoms with Crippen LogP contribution in [0.2, 0.25) is 5.28 Å². The lowest BCUT2D eigenvalue weighted by molar-refractivity contribution is 0.129. The molecule has 0 aliphatic heterocycles. The van der Waals surface area contributed by atoms with Crippen LogP contribution in [0.3, 0.4) is 0 Å². The van der Waals surface area contributed by atoms with Crippen molar-refractivity contribution in [2.24, 2.45) is 5.41 Å². The molecule has 1 fully saturated rings. The molecule has 3 nitrogen and oxygen atoms in total. The highest BCUT2D eigenvalue weighted by atomic mass is 35.5. The van der Waals surface area contributed by atoms with Crippen LogP contribution in [-0.4, -0.2) is 14.8 Å². The predicted octanol–water partition coefficient (Wildman–Crippen LogP) is 3.42. The molecule has 1 aromatic heterocycles. The summed E-state index contributed by atoms with van der Waals surface area (Å²) in [5, 5.41) is 8.74. The molecule has 1 aliphatic carbocycles. The van der Waals surface area contributed by atoms with Gasteiger partial charge in [0.25, 0.3) is 0 Å². The van der Waals surface area contributed by atoms with Gasteiger partial charge in [-0.15, -0.1) is 10.2 Å². The summed E-state index contributed by atoms with van der Waals surface area (Å²) in [6, 6.07) is 0. The van der Waals surface area contributed by atoms with Gasteiger partial charge in [0, 0.05) is 12.0 Å². The Hall–Kier alpha value is -0.570. The molecule has 2 rings (SSSR count). The number of halogens is 1. The summed E-state index contributed by atoms with van der Waals surface area (Å²) in [7, 11) is 0. The van der Waals surface area contributed by atoms with E-state index in [0.717, 1.165) is 12.4 Å². The molecule has 0 bridgehead atoms. The maximum Gasteiger partial charge on any atom is 0.225 e. The van der Waals surface area contributed by atoms with E-state index in [-0.39, 0.29) is 5.41 Å². The molecule has 4 heteroatoms. The molecule has 0 unspecified atom stereocenters. The Bertz CT molecular complexity index is 385. The minimum absolute atomic E-state index is 0.000245. The van der Waals surface area contributed by atoms with Crippen LogP contribution >= 0.6 is 11.6 Å². The van der Waals surface area contributed by atoms with Crippen molar-refractivity contribution in [3.63, 3.8) is 0 Å². The van der Waals surface area contributed by atoms with E-state index in [1.165, 1.54) is 19.3 Å². The van der Waals surface area contributed by atoms with Crippen molar-refractivity contribution in [1.82, 2.24) is 14.8 Å². The molecular formula is C12H20ClN3. The van der Waals surface area contributed by atoms with Crippen molar-refractivity contribution >= 4 is 11.6 Å². The topological polar surface area (TPSA) is 30.7 Å². The summed E-state index contributed by atoms with van der Waals surface area (Å²) in [5.41, 5.74) is 0.395. The highest BCUT2D eigenvalue weighted by molar-refractivity contribution is 6.28. The molecule has 0 radical (unpaired) electrons. The fourth-order valence-corrected chi connectivity index (χ4v) is 2.48. The van der Waals surface area contributed by atoms with E-state index in [0.29, 0.717) is 10.7 Å². The maximum absolute atomic E-state index is 6.13. The van der Waals surface area contributed by atoms with Crippen LogP contribution in [0.15, 0.2) is 0 Å². The van der Waals surface area contributed by atoms with Crippen molar-refractivity contribution in [3.8, 4) is 0 Å². The Balaban J connectivity index is 2.29. The van der Waals surface area contributed by atoms with Crippen LogP contribution in [-0.2, 0) is 12.0 Å². The number of rotatable bonds is 2. The zero-order valence-corrected chi connectivity index (χ0v) is 11.3. The molecule has 0 N–H and O–H groups in total. The van der Waals surface area contributed by atoms with E-state index in [1.54, 1.807) is 0 Å². The summed E-state index contributed by atoms with van der Waals surface area (Å²) >= 11 is 6.13. The van der Waals surface area contributed by atoms with Crippen LogP contribution in [0.4, 0.5) is 0 Å². The van der Waals surface area contributed by atoms with Crippen molar-refractivity contribution in [2.45, 2.75) is 58.9 Å². The van der Waals surface area contributed by atoms with E-state index < -0.39 is 0 Å².